The van der Waals surface area contributed by atoms with Crippen LogP contribution < -0.4 is 24.8 Å². The number of carbonyl (C=O) groups excluding carboxylic acids is 1. The summed E-state index contributed by atoms with van der Waals surface area (Å²) in [6, 6.07) is 23.6. The zero-order valence-corrected chi connectivity index (χ0v) is 31.5. The number of likely N-dealkylation sites (tertiary alicyclic amines) is 1. The largest absolute Gasteiger partial charge is 0.492 e. The van der Waals surface area contributed by atoms with Gasteiger partial charge in [-0.1, -0.05) is 53.5 Å². The molecule has 1 amide bonds. The van der Waals surface area contributed by atoms with E-state index in [4.69, 9.17) is 37.4 Å². The van der Waals surface area contributed by atoms with Crippen molar-refractivity contribution in [1.29, 1.82) is 10.5 Å². The first-order valence-electron chi connectivity index (χ1n) is 18.3. The van der Waals surface area contributed by atoms with E-state index in [0.29, 0.717) is 83.5 Å². The quantitative estimate of drug-likeness (QED) is 0.111. The molecule has 2 heterocycles. The number of fused-ring (bicyclic) bond motifs is 1. The standard InChI is InChI=1S/C42H40Cl2FN5O5/c43-35-15-28(20-48-21-29-8-9-40(52)49-29)38(54-24-27-13-25(18-46)12-26(14-27)19-47)17-39(35)55-42-33-6-1-4-31(34(33)16-36(42)45)32-5-2-7-37(41(32)44)53-11-3-10-50-22-30(51)23-50/h1-2,4-7,12-15,17,29-30,36,42,48,51H,3,8-11,16,20-24H2,(H,49,52)/t29-,36-,42+/m0/s1. The number of aliphatic hydroxyl groups excluding tert-OH is 1. The average molecular weight is 785 g/mol. The van der Waals surface area contributed by atoms with E-state index in [0.717, 1.165) is 36.1 Å². The van der Waals surface area contributed by atoms with Crippen LogP contribution in [0.3, 0.4) is 0 Å². The zero-order chi connectivity index (χ0) is 38.5. The van der Waals surface area contributed by atoms with Crippen LogP contribution in [0.5, 0.6) is 17.2 Å². The molecule has 0 radical (unpaired) electrons. The smallest absolute Gasteiger partial charge is 0.220 e. The summed E-state index contributed by atoms with van der Waals surface area (Å²) in [6.45, 7) is 3.63. The molecule has 13 heteroatoms. The van der Waals surface area contributed by atoms with Gasteiger partial charge in [-0.3, -0.25) is 9.69 Å². The number of rotatable bonds is 15. The van der Waals surface area contributed by atoms with Crippen molar-refractivity contribution >= 4 is 29.1 Å². The van der Waals surface area contributed by atoms with Gasteiger partial charge in [0.15, 0.2) is 6.10 Å². The summed E-state index contributed by atoms with van der Waals surface area (Å²) in [4.78, 5) is 13.9. The second kappa shape index (κ2) is 17.3. The lowest BCUT2D eigenvalue weighted by Gasteiger charge is -2.35. The van der Waals surface area contributed by atoms with E-state index in [2.05, 4.69) is 27.7 Å². The first-order valence-corrected chi connectivity index (χ1v) is 19.1. The molecule has 2 saturated heterocycles. The van der Waals surface area contributed by atoms with Crippen molar-refractivity contribution in [2.75, 3.05) is 32.8 Å². The van der Waals surface area contributed by atoms with Crippen molar-refractivity contribution < 1.29 is 28.5 Å². The highest BCUT2D eigenvalue weighted by Crippen LogP contribution is 2.46. The Morgan fingerprint density at radius 1 is 0.964 bits per heavy atom. The Bertz CT molecular complexity index is 2120. The molecule has 2 aliphatic heterocycles. The van der Waals surface area contributed by atoms with Crippen LogP contribution in [0.25, 0.3) is 11.1 Å². The van der Waals surface area contributed by atoms with Crippen LogP contribution >= 0.6 is 23.2 Å². The molecular formula is C42H40Cl2FN5O5. The predicted octanol–water partition coefficient (Wildman–Crippen LogP) is 6.81. The van der Waals surface area contributed by atoms with Gasteiger partial charge in [-0.05, 0) is 65.4 Å². The molecule has 0 bridgehead atoms. The fraction of sp³-hybridized carbons (Fsp3) is 0.357. The second-order valence-corrected chi connectivity index (χ2v) is 14.9. The number of nitrogens with zero attached hydrogens (tertiary/aromatic N) is 3. The molecule has 7 rings (SSSR count). The van der Waals surface area contributed by atoms with Crippen molar-refractivity contribution in [3.8, 4) is 40.5 Å². The molecular weight excluding hydrogens is 744 g/mol. The third-order valence-electron chi connectivity index (χ3n) is 10.1. The number of halogens is 3. The Hall–Kier alpha value is -4.88. The van der Waals surface area contributed by atoms with E-state index in [9.17, 15) is 20.4 Å². The van der Waals surface area contributed by atoms with Crippen LogP contribution in [0.4, 0.5) is 4.39 Å². The SMILES string of the molecule is N#Cc1cc(C#N)cc(COc2cc(O[C@@H]3c4cccc(-c5cccc(OCCCN6CC(O)C6)c5Cl)c4C[C@@H]3F)c(Cl)cc2CNC[C@@H]2CCC(=O)N2)c1. The van der Waals surface area contributed by atoms with Gasteiger partial charge in [0, 0.05) is 68.8 Å². The molecule has 10 nitrogen and oxygen atoms in total. The number of hydrogen-bond acceptors (Lipinski definition) is 9. The topological polar surface area (TPSA) is 140 Å². The minimum absolute atomic E-state index is 0.0170. The lowest BCUT2D eigenvalue weighted by Crippen LogP contribution is -2.50. The van der Waals surface area contributed by atoms with E-state index in [1.54, 1.807) is 24.3 Å². The molecule has 1 aliphatic carbocycles. The number of nitrogens with one attached hydrogen (secondary N) is 2. The molecule has 0 aromatic heterocycles. The second-order valence-electron chi connectivity index (χ2n) is 14.1. The average Bonchev–Trinajstić information content (AvgIpc) is 3.74. The van der Waals surface area contributed by atoms with Gasteiger partial charge in [0.2, 0.25) is 5.91 Å². The van der Waals surface area contributed by atoms with Crippen molar-refractivity contribution in [1.82, 2.24) is 15.5 Å². The number of ether oxygens (including phenoxy) is 3. The molecule has 3 aliphatic rings. The highest BCUT2D eigenvalue weighted by atomic mass is 35.5. The molecule has 3 atom stereocenters. The highest BCUT2D eigenvalue weighted by molar-refractivity contribution is 6.35. The number of benzene rings is 4. The monoisotopic (exact) mass is 783 g/mol. The molecule has 0 spiro atoms. The molecule has 4 aromatic rings. The zero-order valence-electron chi connectivity index (χ0n) is 30.0. The number of amides is 1. The lowest BCUT2D eigenvalue weighted by atomic mass is 9.96. The predicted molar refractivity (Wildman–Crippen MR) is 206 cm³/mol. The molecule has 0 saturated carbocycles. The van der Waals surface area contributed by atoms with Gasteiger partial charge in [0.25, 0.3) is 0 Å². The van der Waals surface area contributed by atoms with E-state index >= 15 is 4.39 Å². The Labute approximate surface area is 329 Å². The highest BCUT2D eigenvalue weighted by Gasteiger charge is 2.37. The Balaban J connectivity index is 1.11. The molecule has 4 aromatic carbocycles. The van der Waals surface area contributed by atoms with Crippen LogP contribution in [-0.4, -0.2) is 67.0 Å². The number of aliphatic hydroxyl groups is 1. The first-order chi connectivity index (χ1) is 26.7. The Morgan fingerprint density at radius 2 is 1.73 bits per heavy atom. The lowest BCUT2D eigenvalue weighted by molar-refractivity contribution is -0.119. The van der Waals surface area contributed by atoms with Crippen molar-refractivity contribution in [3.05, 3.63) is 110 Å². The maximum atomic E-state index is 16.1. The van der Waals surface area contributed by atoms with E-state index < -0.39 is 12.3 Å². The van der Waals surface area contributed by atoms with Gasteiger partial charge in [0.05, 0.1) is 46.0 Å². The number of carbonyl (C=O) groups is 1. The van der Waals surface area contributed by atoms with Crippen molar-refractivity contribution in [3.63, 3.8) is 0 Å². The Morgan fingerprint density at radius 3 is 2.45 bits per heavy atom. The fourth-order valence-corrected chi connectivity index (χ4v) is 7.88. The van der Waals surface area contributed by atoms with Gasteiger partial charge in [0.1, 0.15) is 30.0 Å². The molecule has 3 N–H and O–H groups in total. The summed E-state index contributed by atoms with van der Waals surface area (Å²) in [5.74, 6) is 1.24. The summed E-state index contributed by atoms with van der Waals surface area (Å²) in [6.07, 6.45) is -0.445. The number of β-amino-alcohol motifs (C(OH)–C–C–N with tert-alkyl or cyclic N) is 1. The summed E-state index contributed by atoms with van der Waals surface area (Å²) in [5.41, 5.74) is 5.01. The summed E-state index contributed by atoms with van der Waals surface area (Å²) in [5, 5.41) is 35.5. The van der Waals surface area contributed by atoms with E-state index in [1.165, 1.54) is 6.07 Å². The number of alkyl halides is 1. The fourth-order valence-electron chi connectivity index (χ4n) is 7.36. The number of hydrogen-bond donors (Lipinski definition) is 3. The minimum Gasteiger partial charge on any atom is -0.492 e. The maximum absolute atomic E-state index is 16.1. The molecule has 284 valence electrons. The normalized spacial score (nSPS) is 19.2. The summed E-state index contributed by atoms with van der Waals surface area (Å²) < 4.78 is 34.8. The summed E-state index contributed by atoms with van der Waals surface area (Å²) >= 11 is 13.7. The van der Waals surface area contributed by atoms with Crippen molar-refractivity contribution in [2.45, 2.75) is 63.3 Å². The van der Waals surface area contributed by atoms with Crippen LogP contribution in [-0.2, 0) is 24.4 Å². The van der Waals surface area contributed by atoms with Gasteiger partial charge in [-0.25, -0.2) is 4.39 Å². The van der Waals surface area contributed by atoms with Gasteiger partial charge in [-0.2, -0.15) is 10.5 Å². The number of nitriles is 2. The van der Waals surface area contributed by atoms with E-state index in [1.807, 2.05) is 36.4 Å². The van der Waals surface area contributed by atoms with Crippen LogP contribution in [0.15, 0.2) is 66.7 Å². The van der Waals surface area contributed by atoms with Gasteiger partial charge in [-0.15, -0.1) is 0 Å². The van der Waals surface area contributed by atoms with E-state index in [-0.39, 0.29) is 41.9 Å². The van der Waals surface area contributed by atoms with Crippen LogP contribution in [0, 0.1) is 22.7 Å². The summed E-state index contributed by atoms with van der Waals surface area (Å²) in [7, 11) is 0. The Kier molecular flexibility index (Phi) is 12.1. The molecule has 2 fully saturated rings. The molecule has 55 heavy (non-hydrogen) atoms. The van der Waals surface area contributed by atoms with Gasteiger partial charge >= 0.3 is 0 Å². The van der Waals surface area contributed by atoms with Crippen LogP contribution in [0.2, 0.25) is 10.0 Å². The third-order valence-corrected chi connectivity index (χ3v) is 10.8. The maximum Gasteiger partial charge on any atom is 0.220 e. The van der Waals surface area contributed by atoms with Gasteiger partial charge < -0.3 is 30.0 Å². The molecule has 0 unspecified atom stereocenters. The first kappa shape index (κ1) is 38.4. The third kappa shape index (κ3) is 8.99. The van der Waals surface area contributed by atoms with Crippen LogP contribution in [0.1, 0.15) is 58.7 Å². The minimum atomic E-state index is -1.38. The van der Waals surface area contributed by atoms with Crippen molar-refractivity contribution in [2.24, 2.45) is 0 Å².